The van der Waals surface area contributed by atoms with Gasteiger partial charge in [-0.25, -0.2) is 0 Å². The summed E-state index contributed by atoms with van der Waals surface area (Å²) >= 11 is 0. The maximum atomic E-state index is 10.3. The molecule has 0 aromatic rings. The summed E-state index contributed by atoms with van der Waals surface area (Å²) in [5.41, 5.74) is -0.396. The highest BCUT2D eigenvalue weighted by Gasteiger charge is 2.33. The Morgan fingerprint density at radius 1 is 1.00 bits per heavy atom. The molecule has 1 N–H and O–H groups in total. The zero-order valence-corrected chi connectivity index (χ0v) is 10.3. The zero-order chi connectivity index (χ0) is 11.5. The van der Waals surface area contributed by atoms with Gasteiger partial charge in [0, 0.05) is 6.42 Å². The Bertz CT molecular complexity index is 215. The lowest BCUT2D eigenvalue weighted by Crippen LogP contribution is -2.32. The van der Waals surface area contributed by atoms with E-state index < -0.39 is 5.60 Å². The van der Waals surface area contributed by atoms with Gasteiger partial charge in [0.15, 0.2) is 5.79 Å². The van der Waals surface area contributed by atoms with Gasteiger partial charge in [-0.05, 0) is 32.6 Å². The monoisotopic (exact) mass is 228 g/mol. The van der Waals surface area contributed by atoms with E-state index in [1.54, 1.807) is 0 Å². The maximum absolute atomic E-state index is 10.3. The lowest BCUT2D eigenvalue weighted by Gasteiger charge is -2.33. The van der Waals surface area contributed by atoms with Crippen LogP contribution in [0.4, 0.5) is 0 Å². The smallest absolute Gasteiger partial charge is 0.165 e. The van der Waals surface area contributed by atoms with Gasteiger partial charge < -0.3 is 14.6 Å². The molecule has 0 aromatic carbocycles. The summed E-state index contributed by atoms with van der Waals surface area (Å²) in [5.74, 6) is -0.384. The van der Waals surface area contributed by atoms with Crippen LogP contribution in [0.1, 0.15) is 58.3 Å². The third-order valence-corrected chi connectivity index (χ3v) is 3.96. The molecule has 1 saturated carbocycles. The van der Waals surface area contributed by atoms with E-state index in [4.69, 9.17) is 9.47 Å². The highest BCUT2D eigenvalue weighted by Crippen LogP contribution is 2.34. The first-order valence-corrected chi connectivity index (χ1v) is 6.62. The molecule has 0 amide bonds. The molecule has 0 unspecified atom stereocenters. The van der Waals surface area contributed by atoms with E-state index in [-0.39, 0.29) is 5.79 Å². The average molecular weight is 228 g/mol. The Kier molecular flexibility index (Phi) is 3.88. The highest BCUT2D eigenvalue weighted by atomic mass is 16.7. The van der Waals surface area contributed by atoms with Crippen LogP contribution in [0.5, 0.6) is 0 Å². The second kappa shape index (κ2) is 5.03. The summed E-state index contributed by atoms with van der Waals surface area (Å²) in [4.78, 5) is 0. The molecule has 1 aliphatic heterocycles. The van der Waals surface area contributed by atoms with Crippen molar-refractivity contribution in [3.63, 3.8) is 0 Å². The predicted octanol–water partition coefficient (Wildman–Crippen LogP) is 2.61. The average Bonchev–Trinajstić information content (AvgIpc) is 2.66. The van der Waals surface area contributed by atoms with E-state index in [0.717, 1.165) is 32.1 Å². The molecule has 2 fully saturated rings. The molecule has 3 heteroatoms. The second-order valence-electron chi connectivity index (χ2n) is 5.47. The molecule has 1 heterocycles. The van der Waals surface area contributed by atoms with Crippen molar-refractivity contribution in [2.24, 2.45) is 0 Å². The van der Waals surface area contributed by atoms with Crippen LogP contribution >= 0.6 is 0 Å². The minimum atomic E-state index is -0.396. The van der Waals surface area contributed by atoms with Gasteiger partial charge in [-0.2, -0.15) is 0 Å². The van der Waals surface area contributed by atoms with Crippen LogP contribution in [0.3, 0.4) is 0 Å². The summed E-state index contributed by atoms with van der Waals surface area (Å²) in [7, 11) is 0. The molecular formula is C13H24O3. The Morgan fingerprint density at radius 3 is 2.25 bits per heavy atom. The van der Waals surface area contributed by atoms with Gasteiger partial charge in [0.1, 0.15) is 0 Å². The Morgan fingerprint density at radius 2 is 1.62 bits per heavy atom. The molecule has 0 aromatic heterocycles. The topological polar surface area (TPSA) is 38.7 Å². The van der Waals surface area contributed by atoms with Crippen LogP contribution in [-0.2, 0) is 9.47 Å². The molecule has 16 heavy (non-hydrogen) atoms. The minimum absolute atomic E-state index is 0.384. The molecule has 1 saturated heterocycles. The third-order valence-electron chi connectivity index (χ3n) is 3.96. The van der Waals surface area contributed by atoms with Gasteiger partial charge in [-0.3, -0.25) is 0 Å². The molecule has 0 radical (unpaired) electrons. The quantitative estimate of drug-likeness (QED) is 0.804. The van der Waals surface area contributed by atoms with Crippen molar-refractivity contribution >= 4 is 0 Å². The van der Waals surface area contributed by atoms with Gasteiger partial charge in [0.25, 0.3) is 0 Å². The number of hydrogen-bond acceptors (Lipinski definition) is 3. The van der Waals surface area contributed by atoms with E-state index in [1.807, 2.05) is 6.92 Å². The summed E-state index contributed by atoms with van der Waals surface area (Å²) < 4.78 is 11.1. The van der Waals surface area contributed by atoms with E-state index in [2.05, 4.69) is 0 Å². The minimum Gasteiger partial charge on any atom is -0.390 e. The van der Waals surface area contributed by atoms with Crippen LogP contribution in [0.2, 0.25) is 0 Å². The highest BCUT2D eigenvalue weighted by molar-refractivity contribution is 4.83. The molecule has 0 spiro atoms. The fourth-order valence-corrected chi connectivity index (χ4v) is 2.90. The number of rotatable bonds is 4. The van der Waals surface area contributed by atoms with E-state index in [9.17, 15) is 5.11 Å². The third kappa shape index (κ3) is 3.19. The second-order valence-corrected chi connectivity index (χ2v) is 5.47. The van der Waals surface area contributed by atoms with Crippen molar-refractivity contribution in [2.45, 2.75) is 69.7 Å². The van der Waals surface area contributed by atoms with E-state index in [0.29, 0.717) is 13.2 Å². The molecule has 0 atom stereocenters. The summed E-state index contributed by atoms with van der Waals surface area (Å²) in [6, 6.07) is 0. The molecule has 2 aliphatic rings. The molecule has 3 nitrogen and oxygen atoms in total. The van der Waals surface area contributed by atoms with Gasteiger partial charge in [0.2, 0.25) is 0 Å². The summed E-state index contributed by atoms with van der Waals surface area (Å²) in [6.45, 7) is 3.42. The van der Waals surface area contributed by atoms with Crippen LogP contribution in [0, 0.1) is 0 Å². The van der Waals surface area contributed by atoms with Crippen molar-refractivity contribution < 1.29 is 14.6 Å². The lowest BCUT2D eigenvalue weighted by molar-refractivity contribution is -0.149. The summed E-state index contributed by atoms with van der Waals surface area (Å²) in [5, 5.41) is 10.3. The predicted molar refractivity (Wildman–Crippen MR) is 62.2 cm³/mol. The standard InChI is InChI=1S/C13H24O3/c1-12(15-10-11-16-12)6-5-9-13(14)7-3-2-4-8-13/h14H,2-11H2,1H3. The molecule has 1 aliphatic carbocycles. The molecule has 2 rings (SSSR count). The van der Waals surface area contributed by atoms with Crippen LogP contribution in [0.25, 0.3) is 0 Å². The number of aliphatic hydroxyl groups is 1. The molecule has 94 valence electrons. The van der Waals surface area contributed by atoms with Gasteiger partial charge >= 0.3 is 0 Å². The maximum Gasteiger partial charge on any atom is 0.165 e. The molecular weight excluding hydrogens is 204 g/mol. The Balaban J connectivity index is 1.70. The van der Waals surface area contributed by atoms with Crippen molar-refractivity contribution in [2.75, 3.05) is 13.2 Å². The molecule has 0 bridgehead atoms. The first kappa shape index (κ1) is 12.3. The van der Waals surface area contributed by atoms with E-state index >= 15 is 0 Å². The zero-order valence-electron chi connectivity index (χ0n) is 10.3. The Hall–Kier alpha value is -0.120. The van der Waals surface area contributed by atoms with Crippen LogP contribution in [-0.4, -0.2) is 29.7 Å². The first-order valence-electron chi connectivity index (χ1n) is 6.62. The van der Waals surface area contributed by atoms with Crippen LogP contribution in [0.15, 0.2) is 0 Å². The largest absolute Gasteiger partial charge is 0.390 e. The van der Waals surface area contributed by atoms with Crippen LogP contribution < -0.4 is 0 Å². The van der Waals surface area contributed by atoms with Crippen molar-refractivity contribution in [3.8, 4) is 0 Å². The summed E-state index contributed by atoms with van der Waals surface area (Å²) in [6.07, 6.45) is 8.39. The van der Waals surface area contributed by atoms with Gasteiger partial charge in [0.05, 0.1) is 18.8 Å². The number of hydrogen-bond donors (Lipinski definition) is 1. The fourth-order valence-electron chi connectivity index (χ4n) is 2.90. The first-order chi connectivity index (χ1) is 7.62. The van der Waals surface area contributed by atoms with Crippen molar-refractivity contribution in [1.29, 1.82) is 0 Å². The normalized spacial score (nSPS) is 28.1. The Labute approximate surface area is 98.1 Å². The van der Waals surface area contributed by atoms with Gasteiger partial charge in [-0.15, -0.1) is 0 Å². The fraction of sp³-hybridized carbons (Fsp3) is 1.00. The lowest BCUT2D eigenvalue weighted by atomic mass is 9.81. The number of ether oxygens (including phenoxy) is 2. The van der Waals surface area contributed by atoms with Crippen molar-refractivity contribution in [1.82, 2.24) is 0 Å². The van der Waals surface area contributed by atoms with Gasteiger partial charge in [-0.1, -0.05) is 19.3 Å². The SMILES string of the molecule is CC1(CCCC2(O)CCCCC2)OCCO1. The van der Waals surface area contributed by atoms with Crippen molar-refractivity contribution in [3.05, 3.63) is 0 Å². The van der Waals surface area contributed by atoms with E-state index in [1.165, 1.54) is 19.3 Å².